The van der Waals surface area contributed by atoms with Gasteiger partial charge in [0, 0.05) is 62.7 Å². The molecule has 142 valence electrons. The number of likely N-dealkylation sites (N-methyl/N-ethyl adjacent to an activating group) is 1. The molecule has 0 atom stereocenters. The maximum absolute atomic E-state index is 4.72. The Morgan fingerprint density at radius 2 is 1.81 bits per heavy atom. The van der Waals surface area contributed by atoms with Crippen molar-refractivity contribution in [1.82, 2.24) is 24.4 Å². The van der Waals surface area contributed by atoms with Crippen molar-refractivity contribution in [2.45, 2.75) is 18.9 Å². The molecule has 2 aromatic rings. The van der Waals surface area contributed by atoms with E-state index < -0.39 is 0 Å². The second-order valence-electron chi connectivity index (χ2n) is 7.85. The van der Waals surface area contributed by atoms with Gasteiger partial charge in [0.2, 0.25) is 0 Å². The summed E-state index contributed by atoms with van der Waals surface area (Å²) in [5.41, 5.74) is 4.27. The number of nitrogens with zero attached hydrogens (tertiary/aromatic N) is 7. The zero-order chi connectivity index (χ0) is 18.2. The molecule has 27 heavy (non-hydrogen) atoms. The summed E-state index contributed by atoms with van der Waals surface area (Å²) >= 11 is 0. The Balaban J connectivity index is 1.27. The lowest BCUT2D eigenvalue weighted by atomic mass is 10.0. The van der Waals surface area contributed by atoms with E-state index in [9.17, 15) is 0 Å². The lowest BCUT2D eigenvalue weighted by Crippen LogP contribution is -2.52. The minimum atomic E-state index is 0.733. The van der Waals surface area contributed by atoms with Gasteiger partial charge in [0.05, 0.1) is 30.8 Å². The zero-order valence-corrected chi connectivity index (χ0v) is 16.0. The molecule has 5 heterocycles. The first-order chi connectivity index (χ1) is 13.3. The van der Waals surface area contributed by atoms with Crippen molar-refractivity contribution in [3.63, 3.8) is 0 Å². The molecule has 2 aromatic heterocycles. The number of piperidine rings is 1. The Morgan fingerprint density at radius 3 is 2.56 bits per heavy atom. The minimum absolute atomic E-state index is 0.733. The third-order valence-corrected chi connectivity index (χ3v) is 6.18. The second-order valence-corrected chi connectivity index (χ2v) is 7.85. The largest absolute Gasteiger partial charge is 0.369 e. The number of piperazine rings is 1. The Labute approximate surface area is 160 Å². The average Bonchev–Trinajstić information content (AvgIpc) is 3.38. The summed E-state index contributed by atoms with van der Waals surface area (Å²) in [5.74, 6) is 0. The standard InChI is InChI=1S/C20H27N7/c1-24-8-10-26(11-9-24)17-3-6-25(7-4-17)18-13-22-20-19(14-23-27(20)15-18)16-2-5-21-12-16/h2,12-15,17H,3-11H2,1H3. The van der Waals surface area contributed by atoms with Crippen LogP contribution in [0.25, 0.3) is 11.2 Å². The van der Waals surface area contributed by atoms with E-state index in [1.54, 1.807) is 0 Å². The van der Waals surface area contributed by atoms with Gasteiger partial charge in [0.15, 0.2) is 5.65 Å². The van der Waals surface area contributed by atoms with E-state index in [4.69, 9.17) is 4.98 Å². The quantitative estimate of drug-likeness (QED) is 0.823. The van der Waals surface area contributed by atoms with Gasteiger partial charge in [-0.05, 0) is 19.9 Å². The molecule has 0 N–H and O–H groups in total. The SMILES string of the molecule is CN1CCN(C2CCN(c3cnc4c(C5=CCN=C5)cnn4c3)CC2)CC1. The first kappa shape index (κ1) is 16.9. The third kappa shape index (κ3) is 3.26. The summed E-state index contributed by atoms with van der Waals surface area (Å²) in [6, 6.07) is 0.733. The number of allylic oxidation sites excluding steroid dienone is 1. The molecule has 2 saturated heterocycles. The predicted octanol–water partition coefficient (Wildman–Crippen LogP) is 1.41. The van der Waals surface area contributed by atoms with Crippen molar-refractivity contribution >= 4 is 23.1 Å². The Hall–Kier alpha value is -2.25. The van der Waals surface area contributed by atoms with Crippen molar-refractivity contribution in [2.75, 3.05) is 57.8 Å². The van der Waals surface area contributed by atoms with Gasteiger partial charge in [-0.3, -0.25) is 9.89 Å². The number of rotatable bonds is 3. The molecule has 0 aromatic carbocycles. The van der Waals surface area contributed by atoms with Crippen LogP contribution >= 0.6 is 0 Å². The number of hydrogen-bond donors (Lipinski definition) is 0. The highest BCUT2D eigenvalue weighted by Crippen LogP contribution is 2.25. The highest BCUT2D eigenvalue weighted by molar-refractivity contribution is 6.13. The molecule has 0 bridgehead atoms. The smallest absolute Gasteiger partial charge is 0.162 e. The first-order valence-corrected chi connectivity index (χ1v) is 9.99. The number of aromatic nitrogens is 3. The summed E-state index contributed by atoms with van der Waals surface area (Å²) in [6.07, 6.45) is 12.5. The highest BCUT2D eigenvalue weighted by atomic mass is 15.3. The van der Waals surface area contributed by atoms with Crippen LogP contribution in [0.3, 0.4) is 0 Å². The molecule has 7 nitrogen and oxygen atoms in total. The van der Waals surface area contributed by atoms with Crippen LogP contribution in [0.5, 0.6) is 0 Å². The Kier molecular flexibility index (Phi) is 4.41. The fourth-order valence-electron chi connectivity index (χ4n) is 4.44. The molecule has 5 rings (SSSR count). The van der Waals surface area contributed by atoms with Crippen molar-refractivity contribution in [2.24, 2.45) is 4.99 Å². The highest BCUT2D eigenvalue weighted by Gasteiger charge is 2.27. The normalized spacial score (nSPS) is 22.7. The lowest BCUT2D eigenvalue weighted by molar-refractivity contribution is 0.0982. The van der Waals surface area contributed by atoms with Crippen molar-refractivity contribution in [1.29, 1.82) is 0 Å². The van der Waals surface area contributed by atoms with Crippen LogP contribution < -0.4 is 4.90 Å². The molecule has 3 aliphatic rings. The first-order valence-electron chi connectivity index (χ1n) is 9.99. The summed E-state index contributed by atoms with van der Waals surface area (Å²) in [6.45, 7) is 7.76. The molecule has 0 saturated carbocycles. The van der Waals surface area contributed by atoms with Crippen LogP contribution in [-0.4, -0.2) is 89.5 Å². The maximum Gasteiger partial charge on any atom is 0.162 e. The van der Waals surface area contributed by atoms with E-state index in [1.807, 2.05) is 23.1 Å². The van der Waals surface area contributed by atoms with Crippen molar-refractivity contribution in [3.8, 4) is 0 Å². The number of anilines is 1. The number of hydrogen-bond acceptors (Lipinski definition) is 6. The zero-order valence-electron chi connectivity index (χ0n) is 16.0. The third-order valence-electron chi connectivity index (χ3n) is 6.18. The van der Waals surface area contributed by atoms with Crippen LogP contribution in [0.2, 0.25) is 0 Å². The van der Waals surface area contributed by atoms with Gasteiger partial charge in [0.1, 0.15) is 0 Å². The summed E-state index contributed by atoms with van der Waals surface area (Å²) in [4.78, 5) is 16.6. The Bertz CT molecular complexity index is 868. The molecule has 0 amide bonds. The lowest BCUT2D eigenvalue weighted by Gasteiger charge is -2.42. The summed E-state index contributed by atoms with van der Waals surface area (Å²) in [7, 11) is 2.22. The molecule has 0 unspecified atom stereocenters. The van der Waals surface area contributed by atoms with Crippen LogP contribution in [0.1, 0.15) is 18.4 Å². The molecular formula is C20H27N7. The van der Waals surface area contributed by atoms with E-state index in [1.165, 1.54) is 44.7 Å². The summed E-state index contributed by atoms with van der Waals surface area (Å²) in [5, 5.41) is 4.53. The molecule has 2 fully saturated rings. The summed E-state index contributed by atoms with van der Waals surface area (Å²) < 4.78 is 1.91. The predicted molar refractivity (Wildman–Crippen MR) is 109 cm³/mol. The minimum Gasteiger partial charge on any atom is -0.369 e. The molecule has 0 spiro atoms. The number of fused-ring (bicyclic) bond motifs is 1. The van der Waals surface area contributed by atoms with E-state index in [-0.39, 0.29) is 0 Å². The molecule has 0 radical (unpaired) electrons. The van der Waals surface area contributed by atoms with Crippen LogP contribution in [0.15, 0.2) is 29.7 Å². The van der Waals surface area contributed by atoms with E-state index in [0.717, 1.165) is 42.5 Å². The van der Waals surface area contributed by atoms with Gasteiger partial charge < -0.3 is 9.80 Å². The average molecular weight is 365 g/mol. The monoisotopic (exact) mass is 365 g/mol. The van der Waals surface area contributed by atoms with Crippen molar-refractivity contribution < 1.29 is 0 Å². The fourth-order valence-corrected chi connectivity index (χ4v) is 4.44. The van der Waals surface area contributed by atoms with Crippen LogP contribution in [0.4, 0.5) is 5.69 Å². The van der Waals surface area contributed by atoms with Crippen LogP contribution in [0, 0.1) is 0 Å². The molecule has 0 aliphatic carbocycles. The second kappa shape index (κ2) is 7.05. The van der Waals surface area contributed by atoms with Gasteiger partial charge in [-0.2, -0.15) is 5.10 Å². The Morgan fingerprint density at radius 1 is 1.00 bits per heavy atom. The van der Waals surface area contributed by atoms with Gasteiger partial charge in [-0.1, -0.05) is 6.08 Å². The van der Waals surface area contributed by atoms with Gasteiger partial charge in [-0.15, -0.1) is 0 Å². The van der Waals surface area contributed by atoms with Gasteiger partial charge in [-0.25, -0.2) is 9.50 Å². The topological polar surface area (TPSA) is 52.3 Å². The van der Waals surface area contributed by atoms with E-state index >= 15 is 0 Å². The molecular weight excluding hydrogens is 338 g/mol. The van der Waals surface area contributed by atoms with Crippen molar-refractivity contribution in [3.05, 3.63) is 30.2 Å². The molecule has 3 aliphatic heterocycles. The van der Waals surface area contributed by atoms with E-state index in [2.05, 4.69) is 44.1 Å². The van der Waals surface area contributed by atoms with Gasteiger partial charge in [0.25, 0.3) is 0 Å². The number of aliphatic imine (C=N–C) groups is 1. The molecule has 7 heteroatoms. The fraction of sp³-hybridized carbons (Fsp3) is 0.550. The van der Waals surface area contributed by atoms with E-state index in [0.29, 0.717) is 0 Å². The maximum atomic E-state index is 4.72. The van der Waals surface area contributed by atoms with Crippen LogP contribution in [-0.2, 0) is 0 Å². The van der Waals surface area contributed by atoms with Gasteiger partial charge >= 0.3 is 0 Å².